The molecule has 1 aromatic rings. The van der Waals surface area contributed by atoms with Crippen molar-refractivity contribution in [1.82, 2.24) is 0 Å². The van der Waals surface area contributed by atoms with Crippen molar-refractivity contribution in [3.8, 4) is 0 Å². The third-order valence-corrected chi connectivity index (χ3v) is 3.84. The Kier molecular flexibility index (Phi) is 3.91. The third-order valence-electron chi connectivity index (χ3n) is 2.98. The fourth-order valence-corrected chi connectivity index (χ4v) is 2.92. The van der Waals surface area contributed by atoms with E-state index in [-0.39, 0.29) is 0 Å². The highest BCUT2D eigenvalue weighted by Crippen LogP contribution is 2.28. The highest BCUT2D eigenvalue weighted by Gasteiger charge is 2.22. The van der Waals surface area contributed by atoms with Gasteiger partial charge in [0.25, 0.3) is 0 Å². The van der Waals surface area contributed by atoms with Gasteiger partial charge >= 0.3 is 0 Å². The van der Waals surface area contributed by atoms with Gasteiger partial charge in [0.05, 0.1) is 24.9 Å². The van der Waals surface area contributed by atoms with Gasteiger partial charge in [0.1, 0.15) is 0 Å². The van der Waals surface area contributed by atoms with Crippen molar-refractivity contribution in [1.29, 1.82) is 0 Å². The van der Waals surface area contributed by atoms with Gasteiger partial charge < -0.3 is 15.4 Å². The van der Waals surface area contributed by atoms with Crippen molar-refractivity contribution in [2.45, 2.75) is 19.4 Å². The first-order chi connectivity index (χ1) is 7.72. The van der Waals surface area contributed by atoms with Gasteiger partial charge in [-0.1, -0.05) is 6.92 Å². The number of ether oxygens (including phenoxy) is 1. The molecule has 2 rings (SSSR count). The van der Waals surface area contributed by atoms with Crippen LogP contribution in [-0.4, -0.2) is 25.8 Å². The maximum atomic E-state index is 5.78. The number of benzene rings is 1. The Balaban J connectivity index is 2.27. The van der Waals surface area contributed by atoms with E-state index < -0.39 is 0 Å². The van der Waals surface area contributed by atoms with Crippen LogP contribution in [0.15, 0.2) is 18.2 Å². The van der Waals surface area contributed by atoms with Crippen LogP contribution in [0.3, 0.4) is 0 Å². The number of halogens is 1. The summed E-state index contributed by atoms with van der Waals surface area (Å²) in [6.45, 7) is 4.82. The van der Waals surface area contributed by atoms with Crippen LogP contribution in [0.5, 0.6) is 0 Å². The summed E-state index contributed by atoms with van der Waals surface area (Å²) in [6, 6.07) is 6.61. The zero-order valence-electron chi connectivity index (χ0n) is 9.45. The average molecular weight is 332 g/mol. The first kappa shape index (κ1) is 12.0. The molecule has 1 saturated heterocycles. The third kappa shape index (κ3) is 2.43. The highest BCUT2D eigenvalue weighted by molar-refractivity contribution is 14.1. The lowest BCUT2D eigenvalue weighted by molar-refractivity contribution is 0.0929. The second-order valence-corrected chi connectivity index (χ2v) is 5.20. The number of hydrogen-bond acceptors (Lipinski definition) is 3. The van der Waals surface area contributed by atoms with E-state index in [9.17, 15) is 0 Å². The second kappa shape index (κ2) is 5.23. The summed E-state index contributed by atoms with van der Waals surface area (Å²) in [4.78, 5) is 2.44. The van der Waals surface area contributed by atoms with Gasteiger partial charge in [-0.25, -0.2) is 0 Å². The Bertz CT molecular complexity index is 370. The first-order valence-electron chi connectivity index (χ1n) is 5.61. The van der Waals surface area contributed by atoms with Gasteiger partial charge in [0.2, 0.25) is 0 Å². The molecule has 0 aromatic heterocycles. The Hall–Kier alpha value is -0.490. The van der Waals surface area contributed by atoms with Crippen LogP contribution >= 0.6 is 22.6 Å². The van der Waals surface area contributed by atoms with E-state index in [2.05, 4.69) is 40.5 Å². The number of nitrogens with two attached hydrogens (primary N) is 1. The van der Waals surface area contributed by atoms with Crippen molar-refractivity contribution >= 4 is 34.0 Å². The summed E-state index contributed by atoms with van der Waals surface area (Å²) in [6.07, 6.45) is 1.11. The summed E-state index contributed by atoms with van der Waals surface area (Å²) in [7, 11) is 0. The summed E-state index contributed by atoms with van der Waals surface area (Å²) in [5.74, 6) is 0. The fourth-order valence-electron chi connectivity index (χ4n) is 2.07. The first-order valence-corrected chi connectivity index (χ1v) is 6.69. The molecule has 16 heavy (non-hydrogen) atoms. The summed E-state index contributed by atoms with van der Waals surface area (Å²) >= 11 is 2.35. The quantitative estimate of drug-likeness (QED) is 0.668. The van der Waals surface area contributed by atoms with E-state index in [4.69, 9.17) is 10.5 Å². The van der Waals surface area contributed by atoms with Crippen molar-refractivity contribution in [2.24, 2.45) is 0 Å². The molecule has 0 saturated carbocycles. The molecular weight excluding hydrogens is 315 g/mol. The lowest BCUT2D eigenvalue weighted by Crippen LogP contribution is -2.45. The lowest BCUT2D eigenvalue weighted by Gasteiger charge is -2.37. The normalized spacial score (nSPS) is 21.1. The van der Waals surface area contributed by atoms with Gasteiger partial charge in [0, 0.05) is 15.8 Å². The molecule has 1 unspecified atom stereocenters. The standard InChI is InChI=1S/C12H17IN2O/c1-2-10-8-16-6-5-15(10)12-4-3-9(14)7-11(12)13/h3-4,7,10H,2,5-6,8,14H2,1H3. The zero-order valence-corrected chi connectivity index (χ0v) is 11.6. The minimum absolute atomic E-state index is 0.492. The van der Waals surface area contributed by atoms with Crippen LogP contribution in [-0.2, 0) is 4.74 Å². The Labute approximate surface area is 110 Å². The van der Waals surface area contributed by atoms with Crippen molar-refractivity contribution < 1.29 is 4.74 Å². The number of hydrogen-bond donors (Lipinski definition) is 1. The molecule has 3 nitrogen and oxygen atoms in total. The van der Waals surface area contributed by atoms with Crippen LogP contribution in [0.2, 0.25) is 0 Å². The molecule has 0 spiro atoms. The number of morpholine rings is 1. The molecule has 0 radical (unpaired) electrons. The summed E-state index contributed by atoms with van der Waals surface area (Å²) in [5.41, 5.74) is 7.89. The smallest absolute Gasteiger partial charge is 0.0670 e. The predicted octanol–water partition coefficient (Wildman–Crippen LogP) is 2.49. The SMILES string of the molecule is CCC1COCCN1c1ccc(N)cc1I. The van der Waals surface area contributed by atoms with Crippen LogP contribution in [0.1, 0.15) is 13.3 Å². The topological polar surface area (TPSA) is 38.5 Å². The van der Waals surface area contributed by atoms with Crippen LogP contribution < -0.4 is 10.6 Å². The Morgan fingerprint density at radius 3 is 3.06 bits per heavy atom. The second-order valence-electron chi connectivity index (χ2n) is 4.04. The summed E-state index contributed by atoms with van der Waals surface area (Å²) in [5, 5.41) is 0. The Morgan fingerprint density at radius 2 is 2.38 bits per heavy atom. The van der Waals surface area contributed by atoms with E-state index in [1.165, 1.54) is 9.26 Å². The van der Waals surface area contributed by atoms with Crippen LogP contribution in [0, 0.1) is 3.57 Å². The molecule has 2 N–H and O–H groups in total. The maximum Gasteiger partial charge on any atom is 0.0670 e. The zero-order chi connectivity index (χ0) is 11.5. The highest BCUT2D eigenvalue weighted by atomic mass is 127. The molecule has 1 aromatic carbocycles. The van der Waals surface area contributed by atoms with E-state index in [0.717, 1.165) is 31.9 Å². The van der Waals surface area contributed by atoms with Gasteiger partial charge in [-0.05, 0) is 47.2 Å². The van der Waals surface area contributed by atoms with E-state index >= 15 is 0 Å². The molecule has 1 heterocycles. The van der Waals surface area contributed by atoms with E-state index in [1.54, 1.807) is 0 Å². The largest absolute Gasteiger partial charge is 0.399 e. The minimum atomic E-state index is 0.492. The van der Waals surface area contributed by atoms with Gasteiger partial charge in [-0.15, -0.1) is 0 Å². The van der Waals surface area contributed by atoms with Gasteiger partial charge in [-0.3, -0.25) is 0 Å². The number of rotatable bonds is 2. The Morgan fingerprint density at radius 1 is 1.56 bits per heavy atom. The maximum absolute atomic E-state index is 5.78. The van der Waals surface area contributed by atoms with Crippen molar-refractivity contribution in [3.63, 3.8) is 0 Å². The number of nitrogens with zero attached hydrogens (tertiary/aromatic N) is 1. The van der Waals surface area contributed by atoms with E-state index in [0.29, 0.717) is 6.04 Å². The van der Waals surface area contributed by atoms with Crippen LogP contribution in [0.4, 0.5) is 11.4 Å². The molecule has 0 amide bonds. The minimum Gasteiger partial charge on any atom is -0.399 e. The van der Waals surface area contributed by atoms with Crippen molar-refractivity contribution in [3.05, 3.63) is 21.8 Å². The number of anilines is 2. The molecule has 1 atom stereocenters. The molecule has 0 bridgehead atoms. The van der Waals surface area contributed by atoms with E-state index in [1.807, 2.05) is 12.1 Å². The lowest BCUT2D eigenvalue weighted by atomic mass is 10.1. The fraction of sp³-hybridized carbons (Fsp3) is 0.500. The predicted molar refractivity (Wildman–Crippen MR) is 75.8 cm³/mol. The molecule has 4 heteroatoms. The van der Waals surface area contributed by atoms with Gasteiger partial charge in [0.15, 0.2) is 0 Å². The average Bonchev–Trinajstić information content (AvgIpc) is 2.29. The summed E-state index contributed by atoms with van der Waals surface area (Å²) < 4.78 is 6.74. The van der Waals surface area contributed by atoms with Crippen molar-refractivity contribution in [2.75, 3.05) is 30.4 Å². The monoisotopic (exact) mass is 332 g/mol. The molecule has 0 aliphatic carbocycles. The van der Waals surface area contributed by atoms with Gasteiger partial charge in [-0.2, -0.15) is 0 Å². The molecule has 1 aliphatic heterocycles. The molecule has 1 aliphatic rings. The molecular formula is C12H17IN2O. The number of nitrogen functional groups attached to an aromatic ring is 1. The molecule has 88 valence electrons. The molecule has 1 fully saturated rings. The van der Waals surface area contributed by atoms with Crippen LogP contribution in [0.25, 0.3) is 0 Å².